The highest BCUT2D eigenvalue weighted by Crippen LogP contribution is 2.31. The first-order valence-electron chi connectivity index (χ1n) is 9.45. The second-order valence-electron chi connectivity index (χ2n) is 6.89. The van der Waals surface area contributed by atoms with Crippen molar-refractivity contribution >= 4 is 39.8 Å². The number of nitrogens with one attached hydrogen (secondary N) is 1. The number of amides is 1. The summed E-state index contributed by atoms with van der Waals surface area (Å²) >= 11 is 6.08. The van der Waals surface area contributed by atoms with E-state index in [1.165, 1.54) is 19.3 Å². The van der Waals surface area contributed by atoms with Gasteiger partial charge in [0, 0.05) is 29.7 Å². The zero-order valence-corrected chi connectivity index (χ0v) is 16.5. The van der Waals surface area contributed by atoms with Crippen LogP contribution >= 0.6 is 11.6 Å². The van der Waals surface area contributed by atoms with E-state index < -0.39 is 0 Å². The van der Waals surface area contributed by atoms with Gasteiger partial charge in [0.05, 0.1) is 18.4 Å². The third kappa shape index (κ3) is 3.62. The van der Waals surface area contributed by atoms with E-state index in [4.69, 9.17) is 16.3 Å². The highest BCUT2D eigenvalue weighted by molar-refractivity contribution is 6.31. The normalized spacial score (nSPS) is 14.1. The molecule has 0 atom stereocenters. The molecule has 0 bridgehead atoms. The maximum absolute atomic E-state index is 13.0. The quantitative estimate of drug-likeness (QED) is 0.664. The number of carbonyl (C=O) groups excluding carboxylic acids is 1. The van der Waals surface area contributed by atoms with Crippen LogP contribution in [0.2, 0.25) is 5.02 Å². The van der Waals surface area contributed by atoms with Gasteiger partial charge < -0.3 is 15.0 Å². The third-order valence-corrected chi connectivity index (χ3v) is 5.32. The molecule has 144 valence electrons. The van der Waals surface area contributed by atoms with Gasteiger partial charge in [-0.2, -0.15) is 0 Å². The number of aromatic nitrogens is 1. The molecule has 0 spiro atoms. The van der Waals surface area contributed by atoms with Crippen LogP contribution in [0.4, 0.5) is 11.5 Å². The number of methoxy groups -OCH3 is 1. The maximum atomic E-state index is 13.0. The molecule has 4 rings (SSSR count). The minimum absolute atomic E-state index is 0.241. The van der Waals surface area contributed by atoms with Gasteiger partial charge in [-0.3, -0.25) is 4.79 Å². The molecule has 5 nitrogen and oxygen atoms in total. The summed E-state index contributed by atoms with van der Waals surface area (Å²) in [5.41, 5.74) is 1.06. The van der Waals surface area contributed by atoms with Crippen LogP contribution in [0, 0.1) is 0 Å². The number of ether oxygens (including phenoxy) is 1. The molecule has 1 aliphatic rings. The van der Waals surface area contributed by atoms with Gasteiger partial charge in [-0.15, -0.1) is 0 Å². The van der Waals surface area contributed by atoms with Gasteiger partial charge in [0.2, 0.25) is 0 Å². The Labute approximate surface area is 169 Å². The van der Waals surface area contributed by atoms with E-state index in [0.29, 0.717) is 22.0 Å². The molecular weight excluding hydrogens is 374 g/mol. The Hall–Kier alpha value is -2.79. The van der Waals surface area contributed by atoms with Crippen molar-refractivity contribution in [2.75, 3.05) is 30.4 Å². The van der Waals surface area contributed by atoms with Crippen molar-refractivity contribution in [3.8, 4) is 5.75 Å². The fourth-order valence-electron chi connectivity index (χ4n) is 3.68. The number of pyridine rings is 1. The Morgan fingerprint density at radius 3 is 2.61 bits per heavy atom. The smallest absolute Gasteiger partial charge is 0.257 e. The first-order valence-corrected chi connectivity index (χ1v) is 9.83. The number of piperidine rings is 1. The molecule has 1 N–H and O–H groups in total. The molecule has 0 aliphatic carbocycles. The molecule has 1 aliphatic heterocycles. The number of benzene rings is 2. The summed E-state index contributed by atoms with van der Waals surface area (Å²) in [4.78, 5) is 20.0. The predicted octanol–water partition coefficient (Wildman–Crippen LogP) is 5.14. The van der Waals surface area contributed by atoms with Crippen molar-refractivity contribution in [2.24, 2.45) is 0 Å². The maximum Gasteiger partial charge on any atom is 0.257 e. The van der Waals surface area contributed by atoms with Crippen LogP contribution < -0.4 is 15.0 Å². The summed E-state index contributed by atoms with van der Waals surface area (Å²) < 4.78 is 5.33. The topological polar surface area (TPSA) is 54.5 Å². The van der Waals surface area contributed by atoms with E-state index in [0.717, 1.165) is 29.7 Å². The van der Waals surface area contributed by atoms with Gasteiger partial charge in [-0.1, -0.05) is 35.9 Å². The first-order chi connectivity index (χ1) is 13.7. The van der Waals surface area contributed by atoms with E-state index in [-0.39, 0.29) is 5.91 Å². The van der Waals surface area contributed by atoms with Gasteiger partial charge in [-0.05, 0) is 42.8 Å². The highest BCUT2D eigenvalue weighted by Gasteiger charge is 2.19. The van der Waals surface area contributed by atoms with E-state index in [9.17, 15) is 4.79 Å². The summed E-state index contributed by atoms with van der Waals surface area (Å²) in [6, 6.07) is 13.1. The average Bonchev–Trinajstić information content (AvgIpc) is 2.73. The van der Waals surface area contributed by atoms with Crippen LogP contribution in [-0.2, 0) is 0 Å². The monoisotopic (exact) mass is 395 g/mol. The molecule has 0 radical (unpaired) electrons. The van der Waals surface area contributed by atoms with Gasteiger partial charge in [0.1, 0.15) is 11.6 Å². The predicted molar refractivity (Wildman–Crippen MR) is 114 cm³/mol. The summed E-state index contributed by atoms with van der Waals surface area (Å²) in [5, 5.41) is 5.32. The Kier molecular flexibility index (Phi) is 5.35. The van der Waals surface area contributed by atoms with Crippen LogP contribution in [0.1, 0.15) is 29.6 Å². The van der Waals surface area contributed by atoms with Crippen LogP contribution in [0.3, 0.4) is 0 Å². The standard InChI is InChI=1S/C22H22ClN3O2/c1-28-20-10-9-15(23)13-19(20)25-22(27)18-14-24-21(26-11-5-2-6-12-26)17-8-4-3-7-16(17)18/h3-4,7-10,13-14H,2,5-6,11-12H2,1H3,(H,25,27). The molecule has 2 aromatic carbocycles. The van der Waals surface area contributed by atoms with Crippen LogP contribution in [0.5, 0.6) is 5.75 Å². The molecule has 28 heavy (non-hydrogen) atoms. The second kappa shape index (κ2) is 8.07. The van der Waals surface area contributed by atoms with E-state index in [2.05, 4.69) is 15.2 Å². The number of hydrogen-bond acceptors (Lipinski definition) is 4. The fourth-order valence-corrected chi connectivity index (χ4v) is 3.86. The Balaban J connectivity index is 1.71. The molecule has 1 saturated heterocycles. The van der Waals surface area contributed by atoms with Crippen molar-refractivity contribution in [1.29, 1.82) is 0 Å². The molecule has 1 fully saturated rings. The largest absolute Gasteiger partial charge is 0.495 e. The number of nitrogens with zero attached hydrogens (tertiary/aromatic N) is 2. The number of halogens is 1. The lowest BCUT2D eigenvalue weighted by Gasteiger charge is -2.29. The van der Waals surface area contributed by atoms with Crippen LogP contribution in [-0.4, -0.2) is 31.1 Å². The lowest BCUT2D eigenvalue weighted by molar-refractivity contribution is 0.102. The van der Waals surface area contributed by atoms with Gasteiger partial charge >= 0.3 is 0 Å². The minimum Gasteiger partial charge on any atom is -0.495 e. The lowest BCUT2D eigenvalue weighted by atomic mass is 10.0. The minimum atomic E-state index is -0.241. The average molecular weight is 396 g/mol. The second-order valence-corrected chi connectivity index (χ2v) is 7.32. The Morgan fingerprint density at radius 2 is 1.86 bits per heavy atom. The summed E-state index contributed by atoms with van der Waals surface area (Å²) in [7, 11) is 1.56. The zero-order chi connectivity index (χ0) is 19.5. The zero-order valence-electron chi connectivity index (χ0n) is 15.7. The highest BCUT2D eigenvalue weighted by atomic mass is 35.5. The van der Waals surface area contributed by atoms with Crippen LogP contribution in [0.15, 0.2) is 48.7 Å². The SMILES string of the molecule is COc1ccc(Cl)cc1NC(=O)c1cnc(N2CCCCC2)c2ccccc12. The number of carbonyl (C=O) groups is 1. The molecular formula is C22H22ClN3O2. The van der Waals surface area contributed by atoms with Gasteiger partial charge in [0.15, 0.2) is 0 Å². The molecule has 1 aromatic heterocycles. The van der Waals surface area contributed by atoms with Crippen molar-refractivity contribution < 1.29 is 9.53 Å². The van der Waals surface area contributed by atoms with E-state index in [1.54, 1.807) is 31.5 Å². The lowest BCUT2D eigenvalue weighted by Crippen LogP contribution is -2.30. The number of fused-ring (bicyclic) bond motifs is 1. The van der Waals surface area contributed by atoms with Gasteiger partial charge in [-0.25, -0.2) is 4.98 Å². The number of anilines is 2. The first kappa shape index (κ1) is 18.6. The van der Waals surface area contributed by atoms with Gasteiger partial charge in [0.25, 0.3) is 5.91 Å². The van der Waals surface area contributed by atoms with Crippen molar-refractivity contribution in [1.82, 2.24) is 4.98 Å². The van der Waals surface area contributed by atoms with E-state index >= 15 is 0 Å². The number of hydrogen-bond donors (Lipinski definition) is 1. The molecule has 2 heterocycles. The summed E-state index contributed by atoms with van der Waals surface area (Å²) in [6.07, 6.45) is 5.27. The molecule has 6 heteroatoms. The molecule has 1 amide bonds. The summed E-state index contributed by atoms with van der Waals surface area (Å²) in [6.45, 7) is 2.00. The molecule has 0 saturated carbocycles. The Morgan fingerprint density at radius 1 is 1.11 bits per heavy atom. The van der Waals surface area contributed by atoms with Crippen LogP contribution in [0.25, 0.3) is 10.8 Å². The molecule has 0 unspecified atom stereocenters. The third-order valence-electron chi connectivity index (χ3n) is 5.08. The van der Waals surface area contributed by atoms with Crippen molar-refractivity contribution in [3.05, 3.63) is 59.2 Å². The fraction of sp³-hybridized carbons (Fsp3) is 0.273. The van der Waals surface area contributed by atoms with Crippen molar-refractivity contribution in [3.63, 3.8) is 0 Å². The Bertz CT molecular complexity index is 1020. The summed E-state index contributed by atoms with van der Waals surface area (Å²) in [5.74, 6) is 1.27. The van der Waals surface area contributed by atoms with E-state index in [1.807, 2.05) is 24.3 Å². The molecule has 3 aromatic rings. The van der Waals surface area contributed by atoms with Crippen molar-refractivity contribution in [2.45, 2.75) is 19.3 Å². The number of rotatable bonds is 4.